The van der Waals surface area contributed by atoms with Crippen molar-refractivity contribution in [2.45, 2.75) is 0 Å². The summed E-state index contributed by atoms with van der Waals surface area (Å²) in [4.78, 5) is 16.6. The molecule has 1 rings (SSSR count). The van der Waals surface area contributed by atoms with E-state index >= 15 is 0 Å². The lowest BCUT2D eigenvalue weighted by Crippen LogP contribution is -2.26. The van der Waals surface area contributed by atoms with Crippen LogP contribution < -0.4 is 5.48 Å². The summed E-state index contributed by atoms with van der Waals surface area (Å²) in [5.41, 5.74) is 2.66. The molecule has 1 N–H and O–H groups in total. The first-order chi connectivity index (χ1) is 8.06. The molecular formula is C10H10Cl2INO3. The second-order valence-corrected chi connectivity index (χ2v) is 4.94. The van der Waals surface area contributed by atoms with Crippen molar-refractivity contribution in [1.82, 2.24) is 5.48 Å². The van der Waals surface area contributed by atoms with Crippen molar-refractivity contribution in [3.63, 3.8) is 0 Å². The molecule has 17 heavy (non-hydrogen) atoms. The lowest BCUT2D eigenvalue weighted by atomic mass is 10.2. The number of ether oxygens (including phenoxy) is 1. The Bertz CT molecular complexity index is 415. The number of methoxy groups -OCH3 is 1. The van der Waals surface area contributed by atoms with Crippen molar-refractivity contribution >= 4 is 51.7 Å². The molecule has 94 valence electrons. The van der Waals surface area contributed by atoms with Gasteiger partial charge in [0, 0.05) is 15.7 Å². The molecule has 0 aliphatic heterocycles. The predicted molar refractivity (Wildman–Crippen MR) is 74.5 cm³/mol. The first-order valence-corrected chi connectivity index (χ1v) is 6.45. The highest BCUT2D eigenvalue weighted by molar-refractivity contribution is 14.1. The second kappa shape index (κ2) is 7.38. The van der Waals surface area contributed by atoms with Gasteiger partial charge in [0.1, 0.15) is 0 Å². The van der Waals surface area contributed by atoms with Gasteiger partial charge in [-0.3, -0.25) is 9.63 Å². The minimum absolute atomic E-state index is 0.271. The number of nitrogens with one attached hydrogen (secondary N) is 1. The van der Waals surface area contributed by atoms with Gasteiger partial charge in [0.05, 0.1) is 23.8 Å². The number of halogens is 3. The molecule has 0 radical (unpaired) electrons. The van der Waals surface area contributed by atoms with Gasteiger partial charge < -0.3 is 4.74 Å². The van der Waals surface area contributed by atoms with Crippen LogP contribution in [0.5, 0.6) is 0 Å². The molecule has 1 amide bonds. The highest BCUT2D eigenvalue weighted by atomic mass is 127. The van der Waals surface area contributed by atoms with Gasteiger partial charge in [-0.05, 0) is 34.7 Å². The zero-order chi connectivity index (χ0) is 12.8. The van der Waals surface area contributed by atoms with Crippen LogP contribution in [-0.2, 0) is 9.57 Å². The Morgan fingerprint density at radius 1 is 1.41 bits per heavy atom. The normalized spacial score (nSPS) is 10.4. The molecule has 0 aliphatic rings. The van der Waals surface area contributed by atoms with Crippen molar-refractivity contribution in [3.05, 3.63) is 31.3 Å². The number of amides is 1. The van der Waals surface area contributed by atoms with Gasteiger partial charge in [0.2, 0.25) is 0 Å². The summed E-state index contributed by atoms with van der Waals surface area (Å²) in [7, 11) is 1.55. The van der Waals surface area contributed by atoms with Gasteiger partial charge in [-0.2, -0.15) is 0 Å². The van der Waals surface area contributed by atoms with E-state index in [1.807, 2.05) is 22.6 Å². The molecule has 0 heterocycles. The van der Waals surface area contributed by atoms with E-state index in [0.29, 0.717) is 25.8 Å². The SMILES string of the molecule is COCCONC(=O)c1cc(Cl)cc(Cl)c1I. The summed E-state index contributed by atoms with van der Waals surface area (Å²) in [6, 6.07) is 3.11. The van der Waals surface area contributed by atoms with Gasteiger partial charge >= 0.3 is 0 Å². The molecule has 0 atom stereocenters. The van der Waals surface area contributed by atoms with E-state index in [9.17, 15) is 4.79 Å². The number of carbonyl (C=O) groups excluding carboxylic acids is 1. The van der Waals surface area contributed by atoms with Gasteiger partial charge in [0.25, 0.3) is 5.91 Å². The fourth-order valence-corrected chi connectivity index (χ4v) is 2.07. The standard InChI is InChI=1S/C10H10Cl2INO3/c1-16-2-3-17-14-10(15)7-4-6(11)5-8(12)9(7)13/h4-5H,2-3H2,1H3,(H,14,15). The molecule has 0 fully saturated rings. The maximum absolute atomic E-state index is 11.7. The third-order valence-corrected chi connectivity index (χ3v) is 3.79. The van der Waals surface area contributed by atoms with E-state index in [0.717, 1.165) is 0 Å². The quantitative estimate of drug-likeness (QED) is 0.364. The highest BCUT2D eigenvalue weighted by Crippen LogP contribution is 2.26. The highest BCUT2D eigenvalue weighted by Gasteiger charge is 2.13. The third kappa shape index (κ3) is 4.59. The van der Waals surface area contributed by atoms with Gasteiger partial charge in [-0.1, -0.05) is 23.2 Å². The number of rotatable bonds is 5. The van der Waals surface area contributed by atoms with Crippen molar-refractivity contribution in [1.29, 1.82) is 0 Å². The second-order valence-electron chi connectivity index (χ2n) is 3.02. The van der Waals surface area contributed by atoms with E-state index in [2.05, 4.69) is 5.48 Å². The van der Waals surface area contributed by atoms with Crippen LogP contribution >= 0.6 is 45.8 Å². The van der Waals surface area contributed by atoms with Crippen LogP contribution in [-0.4, -0.2) is 26.2 Å². The van der Waals surface area contributed by atoms with Crippen molar-refractivity contribution in [2.24, 2.45) is 0 Å². The number of hydrogen-bond acceptors (Lipinski definition) is 3. The largest absolute Gasteiger partial charge is 0.382 e. The van der Waals surface area contributed by atoms with E-state index in [1.165, 1.54) is 6.07 Å². The minimum atomic E-state index is -0.394. The molecule has 7 heteroatoms. The van der Waals surface area contributed by atoms with Crippen LogP contribution in [0.1, 0.15) is 10.4 Å². The Morgan fingerprint density at radius 2 is 2.12 bits per heavy atom. The Kier molecular flexibility index (Phi) is 6.50. The van der Waals surface area contributed by atoms with Crippen LogP contribution in [0.25, 0.3) is 0 Å². The average molecular weight is 390 g/mol. The van der Waals surface area contributed by atoms with Crippen LogP contribution in [0.3, 0.4) is 0 Å². The molecule has 0 aliphatic carbocycles. The van der Waals surface area contributed by atoms with Gasteiger partial charge in [-0.15, -0.1) is 0 Å². The predicted octanol–water partition coefficient (Wildman–Crippen LogP) is 2.91. The summed E-state index contributed by atoms with van der Waals surface area (Å²) in [5.74, 6) is -0.394. The molecule has 0 bridgehead atoms. The van der Waals surface area contributed by atoms with Gasteiger partial charge in [-0.25, -0.2) is 5.48 Å². The Hall–Kier alpha value is -0.0800. The fraction of sp³-hybridized carbons (Fsp3) is 0.300. The van der Waals surface area contributed by atoms with E-state index < -0.39 is 5.91 Å². The maximum Gasteiger partial charge on any atom is 0.276 e. The number of carbonyl (C=O) groups is 1. The average Bonchev–Trinajstić information content (AvgIpc) is 2.29. The van der Waals surface area contributed by atoms with E-state index in [-0.39, 0.29) is 6.61 Å². The first kappa shape index (κ1) is 15.0. The zero-order valence-electron chi connectivity index (χ0n) is 8.93. The summed E-state index contributed by atoms with van der Waals surface area (Å²) in [6.45, 7) is 0.667. The van der Waals surface area contributed by atoms with Crippen molar-refractivity contribution in [2.75, 3.05) is 20.3 Å². The van der Waals surface area contributed by atoms with Crippen LogP contribution in [0.15, 0.2) is 12.1 Å². The fourth-order valence-electron chi connectivity index (χ4n) is 1.02. The number of hydroxylamine groups is 1. The van der Waals surface area contributed by atoms with Crippen LogP contribution in [0.4, 0.5) is 0 Å². The molecule has 0 spiro atoms. The molecule has 1 aromatic carbocycles. The van der Waals surface area contributed by atoms with Crippen LogP contribution in [0, 0.1) is 3.57 Å². The molecule has 0 saturated heterocycles. The topological polar surface area (TPSA) is 47.6 Å². The number of hydrogen-bond donors (Lipinski definition) is 1. The lowest BCUT2D eigenvalue weighted by molar-refractivity contribution is 0.00883. The van der Waals surface area contributed by atoms with Crippen LogP contribution in [0.2, 0.25) is 10.0 Å². The first-order valence-electron chi connectivity index (χ1n) is 4.62. The monoisotopic (exact) mass is 389 g/mol. The van der Waals surface area contributed by atoms with E-state index in [4.69, 9.17) is 32.8 Å². The smallest absolute Gasteiger partial charge is 0.276 e. The maximum atomic E-state index is 11.7. The molecule has 0 unspecified atom stereocenters. The summed E-state index contributed by atoms with van der Waals surface area (Å²) in [5, 5.41) is 0.831. The minimum Gasteiger partial charge on any atom is -0.382 e. The Labute approximate surface area is 123 Å². The zero-order valence-corrected chi connectivity index (χ0v) is 12.6. The lowest BCUT2D eigenvalue weighted by Gasteiger charge is -2.08. The van der Waals surface area contributed by atoms with E-state index in [1.54, 1.807) is 13.2 Å². The molecule has 0 aromatic heterocycles. The Morgan fingerprint density at radius 3 is 2.76 bits per heavy atom. The molecule has 4 nitrogen and oxygen atoms in total. The summed E-state index contributed by atoms with van der Waals surface area (Å²) in [6.07, 6.45) is 0. The molecule has 1 aromatic rings. The van der Waals surface area contributed by atoms with Gasteiger partial charge in [0.15, 0.2) is 0 Å². The van der Waals surface area contributed by atoms with Crippen molar-refractivity contribution in [3.8, 4) is 0 Å². The van der Waals surface area contributed by atoms with Crippen molar-refractivity contribution < 1.29 is 14.4 Å². The molecular weight excluding hydrogens is 380 g/mol. The Balaban J connectivity index is 2.69. The summed E-state index contributed by atoms with van der Waals surface area (Å²) >= 11 is 13.7. The summed E-state index contributed by atoms with van der Waals surface area (Å²) < 4.78 is 5.40. The molecule has 0 saturated carbocycles. The number of benzene rings is 1. The third-order valence-electron chi connectivity index (χ3n) is 1.79.